The smallest absolute Gasteiger partial charge is 0.126 e. The molecule has 4 heteroatoms. The number of nitrogen functional groups attached to an aromatic ring is 1. The molecule has 66 valence electrons. The van der Waals surface area contributed by atoms with Gasteiger partial charge >= 0.3 is 0 Å². The van der Waals surface area contributed by atoms with Gasteiger partial charge in [0.2, 0.25) is 0 Å². The Bertz CT molecular complexity index is 412. The number of aromatic nitrogens is 1. The van der Waals surface area contributed by atoms with Crippen LogP contribution in [0.1, 0.15) is 0 Å². The highest BCUT2D eigenvalue weighted by molar-refractivity contribution is 7.13. The Morgan fingerprint density at radius 3 is 2.85 bits per heavy atom. The lowest BCUT2D eigenvalue weighted by atomic mass is 10.1. The lowest BCUT2D eigenvalue weighted by molar-refractivity contribution is 0.478. The number of anilines is 1. The second-order valence-corrected chi connectivity index (χ2v) is 3.53. The summed E-state index contributed by atoms with van der Waals surface area (Å²) < 4.78 is 0. The molecule has 0 atom stereocenters. The number of phenols is 1. The van der Waals surface area contributed by atoms with Crippen LogP contribution in [0.5, 0.6) is 5.75 Å². The molecule has 3 nitrogen and oxygen atoms in total. The number of benzene rings is 1. The van der Waals surface area contributed by atoms with E-state index in [1.807, 2.05) is 0 Å². The van der Waals surface area contributed by atoms with E-state index < -0.39 is 0 Å². The summed E-state index contributed by atoms with van der Waals surface area (Å²) in [5.74, 6) is 0.198. The predicted molar refractivity (Wildman–Crippen MR) is 53.6 cm³/mol. The van der Waals surface area contributed by atoms with E-state index in [0.29, 0.717) is 5.69 Å². The summed E-state index contributed by atoms with van der Waals surface area (Å²) in [5.41, 5.74) is 8.57. The van der Waals surface area contributed by atoms with Gasteiger partial charge in [-0.25, -0.2) is 0 Å². The number of thiazole rings is 1. The topological polar surface area (TPSA) is 59.1 Å². The standard InChI is InChI=1S/C9H8N2OS/c10-6-1-2-7(8(12)3-6)9-4-11-5-13-9/h1-5,12H,10H2. The van der Waals surface area contributed by atoms with Crippen molar-refractivity contribution >= 4 is 17.0 Å². The van der Waals surface area contributed by atoms with E-state index in [9.17, 15) is 5.11 Å². The maximum absolute atomic E-state index is 9.56. The van der Waals surface area contributed by atoms with Crippen LogP contribution >= 0.6 is 11.3 Å². The summed E-state index contributed by atoms with van der Waals surface area (Å²) in [6.45, 7) is 0. The highest BCUT2D eigenvalue weighted by atomic mass is 32.1. The summed E-state index contributed by atoms with van der Waals surface area (Å²) in [6, 6.07) is 5.09. The van der Waals surface area contributed by atoms with E-state index in [-0.39, 0.29) is 5.75 Å². The normalized spacial score (nSPS) is 10.2. The molecule has 0 saturated carbocycles. The summed E-state index contributed by atoms with van der Waals surface area (Å²) in [4.78, 5) is 4.88. The van der Waals surface area contributed by atoms with Gasteiger partial charge in [0, 0.05) is 23.5 Å². The molecule has 0 bridgehead atoms. The summed E-state index contributed by atoms with van der Waals surface area (Å²) >= 11 is 1.48. The number of hydrogen-bond acceptors (Lipinski definition) is 4. The second kappa shape index (κ2) is 3.06. The molecule has 0 radical (unpaired) electrons. The zero-order chi connectivity index (χ0) is 9.26. The van der Waals surface area contributed by atoms with Gasteiger partial charge in [0.15, 0.2) is 0 Å². The van der Waals surface area contributed by atoms with Gasteiger partial charge in [-0.05, 0) is 12.1 Å². The Morgan fingerprint density at radius 2 is 2.23 bits per heavy atom. The Kier molecular flexibility index (Phi) is 1.90. The Balaban J connectivity index is 2.53. The minimum Gasteiger partial charge on any atom is -0.507 e. The summed E-state index contributed by atoms with van der Waals surface area (Å²) in [5, 5.41) is 9.56. The molecule has 0 unspecified atom stereocenters. The van der Waals surface area contributed by atoms with Crippen LogP contribution < -0.4 is 5.73 Å². The lowest BCUT2D eigenvalue weighted by Crippen LogP contribution is -1.84. The molecular weight excluding hydrogens is 184 g/mol. The summed E-state index contributed by atoms with van der Waals surface area (Å²) in [6.07, 6.45) is 1.72. The van der Waals surface area contributed by atoms with E-state index >= 15 is 0 Å². The number of hydrogen-bond donors (Lipinski definition) is 2. The molecule has 2 aromatic rings. The van der Waals surface area contributed by atoms with E-state index in [1.165, 1.54) is 17.4 Å². The molecule has 13 heavy (non-hydrogen) atoms. The zero-order valence-electron chi connectivity index (χ0n) is 6.77. The van der Waals surface area contributed by atoms with Crippen molar-refractivity contribution in [3.63, 3.8) is 0 Å². The molecule has 1 heterocycles. The maximum atomic E-state index is 9.56. The van der Waals surface area contributed by atoms with Crippen molar-refractivity contribution in [1.82, 2.24) is 4.98 Å². The van der Waals surface area contributed by atoms with E-state index in [2.05, 4.69) is 4.98 Å². The number of phenolic OH excluding ortho intramolecular Hbond substituents is 1. The molecule has 1 aromatic carbocycles. The molecule has 1 aromatic heterocycles. The number of aromatic hydroxyl groups is 1. The van der Waals surface area contributed by atoms with Gasteiger partial charge < -0.3 is 10.8 Å². The van der Waals surface area contributed by atoms with Crippen LogP contribution in [0.15, 0.2) is 29.9 Å². The van der Waals surface area contributed by atoms with Crippen molar-refractivity contribution in [1.29, 1.82) is 0 Å². The largest absolute Gasteiger partial charge is 0.507 e. The molecule has 0 amide bonds. The van der Waals surface area contributed by atoms with E-state index in [4.69, 9.17) is 5.73 Å². The van der Waals surface area contributed by atoms with Gasteiger partial charge in [-0.15, -0.1) is 11.3 Å². The third-order valence-corrected chi connectivity index (χ3v) is 2.53. The van der Waals surface area contributed by atoms with Crippen LogP contribution in [-0.2, 0) is 0 Å². The first-order valence-corrected chi connectivity index (χ1v) is 4.62. The van der Waals surface area contributed by atoms with Crippen molar-refractivity contribution in [2.75, 3.05) is 5.73 Å². The predicted octanol–water partition coefficient (Wildman–Crippen LogP) is 2.10. The van der Waals surface area contributed by atoms with Crippen LogP contribution in [-0.4, -0.2) is 10.1 Å². The van der Waals surface area contributed by atoms with Gasteiger partial charge in [0.1, 0.15) is 5.75 Å². The van der Waals surface area contributed by atoms with Crippen LogP contribution in [0.2, 0.25) is 0 Å². The van der Waals surface area contributed by atoms with Gasteiger partial charge in [-0.2, -0.15) is 0 Å². The van der Waals surface area contributed by atoms with Crippen LogP contribution in [0.25, 0.3) is 10.4 Å². The molecule has 0 aliphatic heterocycles. The molecule has 0 spiro atoms. The third-order valence-electron chi connectivity index (χ3n) is 1.72. The first-order valence-electron chi connectivity index (χ1n) is 3.75. The Hall–Kier alpha value is -1.55. The van der Waals surface area contributed by atoms with Crippen LogP contribution in [0.3, 0.4) is 0 Å². The molecule has 2 rings (SSSR count). The molecular formula is C9H8N2OS. The SMILES string of the molecule is Nc1ccc(-c2cncs2)c(O)c1. The van der Waals surface area contributed by atoms with Crippen molar-refractivity contribution in [3.05, 3.63) is 29.9 Å². The highest BCUT2D eigenvalue weighted by Crippen LogP contribution is 2.32. The highest BCUT2D eigenvalue weighted by Gasteiger charge is 2.04. The first kappa shape index (κ1) is 8.07. The number of rotatable bonds is 1. The minimum atomic E-state index is 0.198. The van der Waals surface area contributed by atoms with Gasteiger partial charge in [-0.3, -0.25) is 4.98 Å². The zero-order valence-corrected chi connectivity index (χ0v) is 7.58. The molecule has 0 fully saturated rings. The minimum absolute atomic E-state index is 0.198. The van der Waals surface area contributed by atoms with E-state index in [0.717, 1.165) is 10.4 Å². The molecule has 0 aliphatic rings. The van der Waals surface area contributed by atoms with Crippen molar-refractivity contribution in [2.24, 2.45) is 0 Å². The quantitative estimate of drug-likeness (QED) is 0.680. The van der Waals surface area contributed by atoms with Crippen LogP contribution in [0.4, 0.5) is 5.69 Å². The molecule has 0 saturated heterocycles. The number of nitrogens with zero attached hydrogens (tertiary/aromatic N) is 1. The average Bonchev–Trinajstić information content (AvgIpc) is 2.56. The van der Waals surface area contributed by atoms with Gasteiger partial charge in [0.25, 0.3) is 0 Å². The monoisotopic (exact) mass is 192 g/mol. The average molecular weight is 192 g/mol. The summed E-state index contributed by atoms with van der Waals surface area (Å²) in [7, 11) is 0. The fraction of sp³-hybridized carbons (Fsp3) is 0. The fourth-order valence-corrected chi connectivity index (χ4v) is 1.76. The van der Waals surface area contributed by atoms with Gasteiger partial charge in [0.05, 0.1) is 10.4 Å². The fourth-order valence-electron chi connectivity index (χ4n) is 1.11. The first-order chi connectivity index (χ1) is 6.27. The molecule has 3 N–H and O–H groups in total. The van der Waals surface area contributed by atoms with E-state index in [1.54, 1.807) is 23.8 Å². The van der Waals surface area contributed by atoms with Crippen molar-refractivity contribution in [2.45, 2.75) is 0 Å². The number of nitrogens with two attached hydrogens (primary N) is 1. The Labute approximate surface area is 79.5 Å². The lowest BCUT2D eigenvalue weighted by Gasteiger charge is -2.01. The van der Waals surface area contributed by atoms with Crippen molar-refractivity contribution in [3.8, 4) is 16.2 Å². The Morgan fingerprint density at radius 1 is 1.38 bits per heavy atom. The molecule has 0 aliphatic carbocycles. The van der Waals surface area contributed by atoms with Crippen molar-refractivity contribution < 1.29 is 5.11 Å². The van der Waals surface area contributed by atoms with Crippen LogP contribution in [0, 0.1) is 0 Å². The maximum Gasteiger partial charge on any atom is 0.126 e. The van der Waals surface area contributed by atoms with Gasteiger partial charge in [-0.1, -0.05) is 0 Å². The second-order valence-electron chi connectivity index (χ2n) is 2.64. The third kappa shape index (κ3) is 1.48.